The van der Waals surface area contributed by atoms with Gasteiger partial charge in [-0.25, -0.2) is 0 Å². The van der Waals surface area contributed by atoms with Crippen LogP contribution in [0.5, 0.6) is 11.5 Å². The fourth-order valence-electron chi connectivity index (χ4n) is 8.62. The molecule has 4 heteroatoms. The summed E-state index contributed by atoms with van der Waals surface area (Å²) in [5, 5.41) is 18.6. The molecule has 0 spiro atoms. The Kier molecular flexibility index (Phi) is 5.87. The van der Waals surface area contributed by atoms with Crippen LogP contribution in [-0.4, -0.2) is 0 Å². The maximum Gasteiger partial charge on any atom is 0.292 e. The van der Waals surface area contributed by atoms with E-state index in [1.54, 1.807) is 0 Å². The van der Waals surface area contributed by atoms with Gasteiger partial charge >= 0.3 is 0 Å². The van der Waals surface area contributed by atoms with Crippen LogP contribution in [0.1, 0.15) is 49.7 Å². The molecular weight excluding hydrogens is 492 g/mol. The van der Waals surface area contributed by atoms with E-state index in [0.29, 0.717) is 23.3 Å². The van der Waals surface area contributed by atoms with Crippen LogP contribution < -0.4 is 9.47 Å². The molecule has 0 heterocycles. The van der Waals surface area contributed by atoms with Gasteiger partial charge in [0, 0.05) is 11.1 Å². The smallest absolute Gasteiger partial charge is 0.292 e. The van der Waals surface area contributed by atoms with Gasteiger partial charge in [0.1, 0.15) is 11.5 Å². The molecule has 0 radical (unpaired) electrons. The van der Waals surface area contributed by atoms with Gasteiger partial charge in [0.05, 0.1) is 0 Å². The molecule has 0 amide bonds. The van der Waals surface area contributed by atoms with Gasteiger partial charge in [-0.15, -0.1) is 10.5 Å². The molecule has 4 aromatic rings. The molecule has 0 atom stereocenters. The van der Waals surface area contributed by atoms with Gasteiger partial charge in [-0.1, -0.05) is 72.8 Å². The quantitative estimate of drug-likeness (QED) is 0.238. The minimum absolute atomic E-state index is 0.0908. The van der Waals surface area contributed by atoms with Gasteiger partial charge in [0.15, 0.2) is 0 Å². The van der Waals surface area contributed by atoms with Crippen molar-refractivity contribution in [1.29, 1.82) is 10.5 Å². The van der Waals surface area contributed by atoms with Crippen molar-refractivity contribution in [2.75, 3.05) is 0 Å². The van der Waals surface area contributed by atoms with Gasteiger partial charge in [0.2, 0.25) is 0 Å². The zero-order valence-corrected chi connectivity index (χ0v) is 22.3. The van der Waals surface area contributed by atoms with Crippen molar-refractivity contribution >= 4 is 0 Å². The number of ether oxygens (including phenoxy) is 2. The van der Waals surface area contributed by atoms with Crippen LogP contribution in [0.3, 0.4) is 0 Å². The maximum atomic E-state index is 9.31. The van der Waals surface area contributed by atoms with Crippen molar-refractivity contribution in [2.45, 2.75) is 49.4 Å². The van der Waals surface area contributed by atoms with E-state index in [1.165, 1.54) is 43.2 Å². The third-order valence-corrected chi connectivity index (χ3v) is 9.73. The summed E-state index contributed by atoms with van der Waals surface area (Å²) in [6.45, 7) is 0. The first-order valence-electron chi connectivity index (χ1n) is 14.1. The molecule has 4 aliphatic rings. The largest absolute Gasteiger partial charge is 0.387 e. The predicted molar refractivity (Wildman–Crippen MR) is 154 cm³/mol. The first-order valence-corrected chi connectivity index (χ1v) is 14.1. The average Bonchev–Trinajstić information content (AvgIpc) is 2.98. The molecule has 0 unspecified atom stereocenters. The predicted octanol–water partition coefficient (Wildman–Crippen LogP) is 8.53. The van der Waals surface area contributed by atoms with E-state index in [1.807, 2.05) is 61.0 Å². The van der Waals surface area contributed by atoms with Crippen LogP contribution in [0.25, 0.3) is 22.3 Å². The minimum Gasteiger partial charge on any atom is -0.387 e. The van der Waals surface area contributed by atoms with Crippen LogP contribution in [0, 0.1) is 34.9 Å². The summed E-state index contributed by atoms with van der Waals surface area (Å²) in [5.41, 5.74) is 7.00. The zero-order chi connectivity index (χ0) is 27.2. The molecule has 0 saturated heterocycles. The lowest BCUT2D eigenvalue weighted by Gasteiger charge is -2.63. The van der Waals surface area contributed by atoms with E-state index < -0.39 is 0 Å². The van der Waals surface area contributed by atoms with E-state index in [0.717, 1.165) is 28.7 Å². The van der Waals surface area contributed by atoms with Crippen molar-refractivity contribution in [3.8, 4) is 46.3 Å². The van der Waals surface area contributed by atoms with Gasteiger partial charge < -0.3 is 9.47 Å². The zero-order valence-electron chi connectivity index (χ0n) is 22.3. The molecule has 40 heavy (non-hydrogen) atoms. The van der Waals surface area contributed by atoms with Crippen LogP contribution in [0.2, 0.25) is 0 Å². The molecule has 4 fully saturated rings. The normalized spacial score (nSPS) is 26.1. The highest BCUT2D eigenvalue weighted by atomic mass is 16.5. The number of nitriles is 2. The van der Waals surface area contributed by atoms with Crippen molar-refractivity contribution in [3.63, 3.8) is 0 Å². The molecule has 0 aliphatic heterocycles. The van der Waals surface area contributed by atoms with E-state index in [2.05, 4.69) is 48.5 Å². The Morgan fingerprint density at radius 1 is 0.575 bits per heavy atom. The number of hydrogen-bond donors (Lipinski definition) is 0. The lowest BCUT2D eigenvalue weighted by Crippen LogP contribution is -2.55. The number of benzene rings is 4. The molecule has 4 nitrogen and oxygen atoms in total. The summed E-state index contributed by atoms with van der Waals surface area (Å²) >= 11 is 0. The summed E-state index contributed by atoms with van der Waals surface area (Å²) in [6, 6.07) is 33.5. The third-order valence-electron chi connectivity index (χ3n) is 9.73. The molecule has 4 aromatic carbocycles. The monoisotopic (exact) mass is 522 g/mol. The highest BCUT2D eigenvalue weighted by molar-refractivity contribution is 5.73. The fraction of sp³-hybridized carbons (Fsp3) is 0.278. The average molecular weight is 523 g/mol. The third kappa shape index (κ3) is 4.04. The number of rotatable bonds is 6. The molecule has 4 bridgehead atoms. The summed E-state index contributed by atoms with van der Waals surface area (Å²) in [7, 11) is 0. The molecule has 0 aromatic heterocycles. The fourth-order valence-corrected chi connectivity index (χ4v) is 8.62. The summed E-state index contributed by atoms with van der Waals surface area (Å²) in [6.07, 6.45) is 11.0. The van der Waals surface area contributed by atoms with E-state index in [9.17, 15) is 10.5 Å². The van der Waals surface area contributed by atoms with Gasteiger partial charge in [-0.3, -0.25) is 0 Å². The van der Waals surface area contributed by atoms with Gasteiger partial charge in [-0.05, 0) is 108 Å². The maximum absolute atomic E-state index is 9.31. The van der Waals surface area contributed by atoms with Crippen LogP contribution in [-0.2, 0) is 10.8 Å². The van der Waals surface area contributed by atoms with Gasteiger partial charge in [-0.2, -0.15) is 0 Å². The van der Waals surface area contributed by atoms with Crippen molar-refractivity contribution in [3.05, 3.63) is 108 Å². The number of hydrogen-bond acceptors (Lipinski definition) is 4. The van der Waals surface area contributed by atoms with Crippen molar-refractivity contribution in [2.24, 2.45) is 11.8 Å². The second-order valence-electron chi connectivity index (χ2n) is 12.1. The Balaban J connectivity index is 1.33. The van der Waals surface area contributed by atoms with Crippen LogP contribution in [0.15, 0.2) is 97.1 Å². The Bertz CT molecular complexity index is 1510. The Labute approximate surface area is 235 Å². The van der Waals surface area contributed by atoms with Crippen molar-refractivity contribution in [1.82, 2.24) is 0 Å². The Morgan fingerprint density at radius 2 is 1.00 bits per heavy atom. The van der Waals surface area contributed by atoms with Crippen molar-refractivity contribution < 1.29 is 9.47 Å². The molecule has 196 valence electrons. The molecule has 4 aliphatic carbocycles. The second-order valence-corrected chi connectivity index (χ2v) is 12.1. The van der Waals surface area contributed by atoms with Crippen LogP contribution >= 0.6 is 0 Å². The van der Waals surface area contributed by atoms with Gasteiger partial charge in [0.25, 0.3) is 12.5 Å². The molecular formula is C36H30N2O2. The second kappa shape index (κ2) is 9.58. The van der Waals surface area contributed by atoms with E-state index in [4.69, 9.17) is 9.47 Å². The molecule has 8 rings (SSSR count). The Morgan fingerprint density at radius 3 is 1.40 bits per heavy atom. The first kappa shape index (κ1) is 24.5. The summed E-state index contributed by atoms with van der Waals surface area (Å²) < 4.78 is 10.8. The Hall–Kier alpha value is -4.54. The standard InChI is InChI=1S/C36H30N2O2/c37-23-39-33-13-11-29(16-31(33)27-7-3-1-4-8-27)35-18-25-15-26(19-35)21-36(20-25,22-35)30-12-14-34(40-24-38)32(17-30)28-9-5-2-6-10-28/h1-14,16-17,25-26H,15,18-22H2. The van der Waals surface area contributed by atoms with E-state index in [-0.39, 0.29) is 10.8 Å². The molecule has 0 N–H and O–H groups in total. The SMILES string of the molecule is N#COc1ccc(C23CC4CC(C2)CC(c2ccc(OC#N)c(-c5ccccc5)c2)(C4)C3)cc1-c1ccccc1. The summed E-state index contributed by atoms with van der Waals surface area (Å²) in [4.78, 5) is 0. The topological polar surface area (TPSA) is 66.0 Å². The number of nitrogens with zero attached hydrogens (tertiary/aromatic N) is 2. The first-order chi connectivity index (χ1) is 19.6. The van der Waals surface area contributed by atoms with Crippen LogP contribution in [0.4, 0.5) is 0 Å². The lowest BCUT2D eigenvalue weighted by atomic mass is 9.41. The summed E-state index contributed by atoms with van der Waals surface area (Å²) in [5.74, 6) is 2.59. The van der Waals surface area contributed by atoms with E-state index >= 15 is 0 Å². The lowest BCUT2D eigenvalue weighted by molar-refractivity contribution is -0.0281. The highest BCUT2D eigenvalue weighted by Gasteiger charge is 2.58. The molecule has 4 saturated carbocycles. The highest BCUT2D eigenvalue weighted by Crippen LogP contribution is 2.66. The minimum atomic E-state index is 0.0908.